The summed E-state index contributed by atoms with van der Waals surface area (Å²) in [4.78, 5) is 32.3. The third kappa shape index (κ3) is 3.94. The fraction of sp³-hybridized carbons (Fsp3) is 0.167. The van der Waals surface area contributed by atoms with E-state index in [0.717, 1.165) is 32.6 Å². The van der Waals surface area contributed by atoms with E-state index in [0.29, 0.717) is 31.6 Å². The Morgan fingerprint density at radius 3 is 2.48 bits per heavy atom. The Morgan fingerprint density at radius 2 is 1.79 bits per heavy atom. The van der Waals surface area contributed by atoms with E-state index in [1.54, 1.807) is 6.92 Å². The smallest absolute Gasteiger partial charge is 0.283 e. The molecule has 1 aliphatic heterocycles. The highest BCUT2D eigenvalue weighted by Gasteiger charge is 2.24. The molecule has 3 heterocycles. The number of fused-ring (bicyclic) bond motifs is 2. The Kier molecular flexibility index (Phi) is 5.72. The molecule has 6 nitrogen and oxygen atoms in total. The Bertz CT molecular complexity index is 1500. The Balaban J connectivity index is 1.57. The van der Waals surface area contributed by atoms with Crippen molar-refractivity contribution < 1.29 is 4.79 Å². The fourth-order valence-corrected chi connectivity index (χ4v) is 6.08. The molecule has 0 fully saturated rings. The number of benzene rings is 2. The Hall–Kier alpha value is -2.75. The summed E-state index contributed by atoms with van der Waals surface area (Å²) in [6.07, 6.45) is 0. The molecule has 2 aromatic heterocycles. The van der Waals surface area contributed by atoms with E-state index < -0.39 is 0 Å². The van der Waals surface area contributed by atoms with Crippen molar-refractivity contribution >= 4 is 66.6 Å². The molecule has 1 N–H and O–H groups in total. The maximum absolute atomic E-state index is 13.4. The molecule has 4 aromatic rings. The van der Waals surface area contributed by atoms with Crippen LogP contribution in [-0.4, -0.2) is 27.0 Å². The number of nitrogens with zero attached hydrogens (tertiary/aromatic N) is 3. The van der Waals surface area contributed by atoms with Gasteiger partial charge in [0.25, 0.3) is 11.5 Å². The summed E-state index contributed by atoms with van der Waals surface area (Å²) in [6.45, 7) is 5.71. The highest BCUT2D eigenvalue weighted by molar-refractivity contribution is 9.10. The van der Waals surface area contributed by atoms with Crippen molar-refractivity contribution in [3.8, 4) is 0 Å². The van der Waals surface area contributed by atoms with Crippen LogP contribution in [0, 0.1) is 20.8 Å². The number of aryl methyl sites for hydroxylation is 3. The second-order valence-corrected chi connectivity index (χ2v) is 10.7. The minimum absolute atomic E-state index is 0.234. The summed E-state index contributed by atoms with van der Waals surface area (Å²) in [5, 5.41) is 8.60. The van der Waals surface area contributed by atoms with E-state index in [1.807, 2.05) is 56.3 Å². The van der Waals surface area contributed by atoms with Gasteiger partial charge in [0.05, 0.1) is 16.0 Å². The summed E-state index contributed by atoms with van der Waals surface area (Å²) in [6, 6.07) is 13.7. The number of thiophene rings is 1. The largest absolute Gasteiger partial charge is 0.321 e. The van der Waals surface area contributed by atoms with E-state index in [-0.39, 0.29) is 11.5 Å². The number of aromatic nitrogens is 2. The van der Waals surface area contributed by atoms with Gasteiger partial charge in [0, 0.05) is 15.9 Å². The summed E-state index contributed by atoms with van der Waals surface area (Å²) in [5.74, 6) is 0.381. The van der Waals surface area contributed by atoms with Crippen LogP contribution >= 0.6 is 39.0 Å². The first-order valence-corrected chi connectivity index (χ1v) is 12.8. The minimum atomic E-state index is -0.253. The molecule has 0 aliphatic carbocycles. The number of carbonyl (C=O) groups excluding carboxylic acids is 1. The molecule has 0 atom stereocenters. The summed E-state index contributed by atoms with van der Waals surface area (Å²) in [5.41, 5.74) is 4.91. The lowest BCUT2D eigenvalue weighted by Gasteiger charge is -2.15. The predicted molar refractivity (Wildman–Crippen MR) is 139 cm³/mol. The van der Waals surface area contributed by atoms with Crippen molar-refractivity contribution in [3.05, 3.63) is 84.4 Å². The lowest BCUT2D eigenvalue weighted by molar-refractivity contribution is 0.103. The molecule has 1 amide bonds. The van der Waals surface area contributed by atoms with E-state index in [2.05, 4.69) is 31.3 Å². The normalized spacial score (nSPS) is 13.0. The van der Waals surface area contributed by atoms with Crippen LogP contribution in [0.4, 0.5) is 5.69 Å². The highest BCUT2D eigenvalue weighted by atomic mass is 79.9. The number of rotatable bonds is 3. The summed E-state index contributed by atoms with van der Waals surface area (Å²) in [7, 11) is 0. The fourth-order valence-electron chi connectivity index (χ4n) is 3.80. The van der Waals surface area contributed by atoms with Gasteiger partial charge in [-0.15, -0.1) is 11.3 Å². The molecule has 0 radical (unpaired) electrons. The van der Waals surface area contributed by atoms with Gasteiger partial charge in [0.2, 0.25) is 0 Å². The van der Waals surface area contributed by atoms with Crippen molar-refractivity contribution in [1.82, 2.24) is 9.66 Å². The van der Waals surface area contributed by atoms with E-state index in [4.69, 9.17) is 0 Å². The number of hydrogen-bond donors (Lipinski definition) is 1. The molecule has 0 saturated heterocycles. The number of halogens is 1. The number of amides is 1. The molecule has 33 heavy (non-hydrogen) atoms. The van der Waals surface area contributed by atoms with Crippen LogP contribution in [0.3, 0.4) is 0 Å². The number of nitrogens with one attached hydrogen (secondary N) is 1. The van der Waals surface area contributed by atoms with Crippen molar-refractivity contribution in [1.29, 1.82) is 0 Å². The molecular weight excluding hydrogens is 520 g/mol. The highest BCUT2D eigenvalue weighted by Crippen LogP contribution is 2.32. The van der Waals surface area contributed by atoms with Crippen molar-refractivity contribution in [2.24, 2.45) is 5.10 Å². The number of anilines is 1. The number of thioether (sulfide) groups is 1. The van der Waals surface area contributed by atoms with Crippen LogP contribution in [0.5, 0.6) is 0 Å². The molecule has 0 saturated carbocycles. The zero-order valence-corrected chi connectivity index (χ0v) is 21.3. The predicted octanol–water partition coefficient (Wildman–Crippen LogP) is 5.76. The zero-order valence-electron chi connectivity index (χ0n) is 18.1. The van der Waals surface area contributed by atoms with Crippen LogP contribution < -0.4 is 10.9 Å². The molecule has 5 rings (SSSR count). The molecule has 1 aliphatic rings. The first-order chi connectivity index (χ1) is 15.8. The van der Waals surface area contributed by atoms with E-state index >= 15 is 0 Å². The van der Waals surface area contributed by atoms with Crippen LogP contribution in [-0.2, 0) is 0 Å². The van der Waals surface area contributed by atoms with E-state index in [1.165, 1.54) is 27.8 Å². The maximum atomic E-state index is 13.4. The Labute approximate surface area is 206 Å². The summed E-state index contributed by atoms with van der Waals surface area (Å²) < 4.78 is 2.35. The molecule has 2 aromatic carbocycles. The van der Waals surface area contributed by atoms with Gasteiger partial charge in [-0.3, -0.25) is 9.59 Å². The average molecular weight is 539 g/mol. The first kappa shape index (κ1) is 22.1. The number of carbonyl (C=O) groups is 1. The molecule has 0 bridgehead atoms. The van der Waals surface area contributed by atoms with Gasteiger partial charge >= 0.3 is 0 Å². The summed E-state index contributed by atoms with van der Waals surface area (Å²) >= 11 is 6.16. The molecule has 166 valence electrons. The van der Waals surface area contributed by atoms with Crippen LogP contribution in [0.2, 0.25) is 0 Å². The first-order valence-electron chi connectivity index (χ1n) is 10.2. The van der Waals surface area contributed by atoms with Crippen LogP contribution in [0.15, 0.2) is 62.0 Å². The molecule has 9 heteroatoms. The van der Waals surface area contributed by atoms with Gasteiger partial charge in [0.15, 0.2) is 5.16 Å². The second-order valence-electron chi connectivity index (χ2n) is 7.81. The van der Waals surface area contributed by atoms with Gasteiger partial charge in [-0.05, 0) is 55.2 Å². The van der Waals surface area contributed by atoms with Crippen LogP contribution in [0.1, 0.15) is 31.9 Å². The Morgan fingerprint density at radius 1 is 1.09 bits per heavy atom. The zero-order chi connectivity index (χ0) is 23.3. The van der Waals surface area contributed by atoms with Crippen molar-refractivity contribution in [2.45, 2.75) is 25.9 Å². The van der Waals surface area contributed by atoms with Crippen LogP contribution in [0.25, 0.3) is 10.2 Å². The topological polar surface area (TPSA) is 76.3 Å². The van der Waals surface area contributed by atoms with Crippen molar-refractivity contribution in [2.75, 3.05) is 11.1 Å². The minimum Gasteiger partial charge on any atom is -0.321 e. The molecule has 0 unspecified atom stereocenters. The third-order valence-electron chi connectivity index (χ3n) is 5.57. The second kappa shape index (κ2) is 8.55. The van der Waals surface area contributed by atoms with Gasteiger partial charge in [0.1, 0.15) is 4.83 Å². The lowest BCUT2D eigenvalue weighted by atomic mass is 10.1. The maximum Gasteiger partial charge on any atom is 0.283 e. The van der Waals surface area contributed by atoms with Gasteiger partial charge in [-0.2, -0.15) is 9.78 Å². The molecule has 0 spiro atoms. The van der Waals surface area contributed by atoms with E-state index in [9.17, 15) is 9.59 Å². The monoisotopic (exact) mass is 538 g/mol. The van der Waals surface area contributed by atoms with Crippen molar-refractivity contribution in [3.63, 3.8) is 0 Å². The molecular formula is C24H19BrN4O2S2. The average Bonchev–Trinajstić information content (AvgIpc) is 3.13. The number of para-hydroxylation sites is 1. The standard InChI is InChI=1S/C24H19BrN4O2S2/c1-12-5-4-6-13(2)19(12)26-21(30)20-14(3)18-22(33-20)27-24-29(23(18)31)28-17(11-32-24)15-7-9-16(25)10-8-15/h4-10H,11H2,1-3H3,(H,26,30). The quantitative estimate of drug-likeness (QED) is 0.336. The van der Waals surface area contributed by atoms with Gasteiger partial charge < -0.3 is 5.32 Å². The van der Waals surface area contributed by atoms with Gasteiger partial charge in [-0.1, -0.05) is 58.0 Å². The number of hydrogen-bond acceptors (Lipinski definition) is 6. The lowest BCUT2D eigenvalue weighted by Crippen LogP contribution is -2.25. The third-order valence-corrected chi connectivity index (χ3v) is 8.23. The van der Waals surface area contributed by atoms with Gasteiger partial charge in [-0.25, -0.2) is 4.98 Å². The SMILES string of the molecule is Cc1cccc(C)c1NC(=O)c1sc2nc3n(c(=O)c2c1C)N=C(c1ccc(Br)cc1)CS3.